The normalized spacial score (nSPS) is 16.6. The molecule has 0 amide bonds. The van der Waals surface area contributed by atoms with Crippen molar-refractivity contribution in [2.45, 2.75) is 39.2 Å². The molecule has 0 aliphatic heterocycles. The van der Waals surface area contributed by atoms with Crippen molar-refractivity contribution in [2.75, 3.05) is 5.32 Å². The van der Waals surface area contributed by atoms with Crippen LogP contribution < -0.4 is 5.32 Å². The van der Waals surface area contributed by atoms with Gasteiger partial charge in [0.1, 0.15) is 0 Å². The van der Waals surface area contributed by atoms with Crippen LogP contribution in [0.1, 0.15) is 31.7 Å². The third-order valence-corrected chi connectivity index (χ3v) is 3.39. The standard InChI is InChI=1S/C13H18N2O2/c1-3-12(10-5-6-10)14-11-7-4-9(2)13(8-11)15(16)17/h4,7-8,10,12,14H,3,5-6H2,1-2H3. The van der Waals surface area contributed by atoms with E-state index in [0.717, 1.165) is 18.0 Å². The minimum absolute atomic E-state index is 0.195. The fourth-order valence-corrected chi connectivity index (χ4v) is 2.16. The van der Waals surface area contributed by atoms with Gasteiger partial charge in [0.2, 0.25) is 0 Å². The van der Waals surface area contributed by atoms with Gasteiger partial charge in [0.05, 0.1) is 4.92 Å². The Kier molecular flexibility index (Phi) is 3.31. The Morgan fingerprint density at radius 3 is 2.76 bits per heavy atom. The fourth-order valence-electron chi connectivity index (χ4n) is 2.16. The quantitative estimate of drug-likeness (QED) is 0.626. The summed E-state index contributed by atoms with van der Waals surface area (Å²) in [5, 5.41) is 14.3. The summed E-state index contributed by atoms with van der Waals surface area (Å²) in [6.07, 6.45) is 3.62. The van der Waals surface area contributed by atoms with Crippen molar-refractivity contribution in [2.24, 2.45) is 5.92 Å². The summed E-state index contributed by atoms with van der Waals surface area (Å²) in [5.74, 6) is 0.750. The lowest BCUT2D eigenvalue weighted by atomic mass is 10.1. The van der Waals surface area contributed by atoms with Gasteiger partial charge in [-0.25, -0.2) is 0 Å². The van der Waals surface area contributed by atoms with Gasteiger partial charge in [-0.15, -0.1) is 0 Å². The SMILES string of the molecule is CCC(Nc1ccc(C)c([N+](=O)[O-])c1)C1CC1. The summed E-state index contributed by atoms with van der Waals surface area (Å²) >= 11 is 0. The predicted octanol–water partition coefficient (Wildman–Crippen LogP) is 3.50. The first-order valence-corrected chi connectivity index (χ1v) is 6.13. The molecule has 0 heterocycles. The number of nitro benzene ring substituents is 1. The summed E-state index contributed by atoms with van der Waals surface area (Å²) in [4.78, 5) is 10.5. The lowest BCUT2D eigenvalue weighted by molar-refractivity contribution is -0.385. The number of aryl methyl sites for hydroxylation is 1. The Morgan fingerprint density at radius 2 is 2.24 bits per heavy atom. The molecule has 4 nitrogen and oxygen atoms in total. The first-order chi connectivity index (χ1) is 8.11. The number of benzene rings is 1. The third kappa shape index (κ3) is 2.75. The molecule has 0 saturated heterocycles. The molecule has 0 spiro atoms. The van der Waals surface area contributed by atoms with Gasteiger partial charge in [-0.1, -0.05) is 13.0 Å². The second kappa shape index (κ2) is 4.73. The molecule has 0 radical (unpaired) electrons. The van der Waals surface area contributed by atoms with Gasteiger partial charge < -0.3 is 5.32 Å². The molecule has 1 atom stereocenters. The van der Waals surface area contributed by atoms with Gasteiger partial charge >= 0.3 is 0 Å². The van der Waals surface area contributed by atoms with E-state index in [1.165, 1.54) is 12.8 Å². The monoisotopic (exact) mass is 234 g/mol. The van der Waals surface area contributed by atoms with Crippen LogP contribution in [0, 0.1) is 23.0 Å². The van der Waals surface area contributed by atoms with Crippen LogP contribution in [-0.2, 0) is 0 Å². The van der Waals surface area contributed by atoms with Crippen LogP contribution in [0.2, 0.25) is 0 Å². The van der Waals surface area contributed by atoms with Crippen molar-refractivity contribution in [3.63, 3.8) is 0 Å². The summed E-state index contributed by atoms with van der Waals surface area (Å²) in [6.45, 7) is 3.92. The molecule has 1 unspecified atom stereocenters. The highest BCUT2D eigenvalue weighted by molar-refractivity contribution is 5.55. The van der Waals surface area contributed by atoms with Crippen molar-refractivity contribution < 1.29 is 4.92 Å². The molecule has 1 aliphatic rings. The van der Waals surface area contributed by atoms with Gasteiger partial charge in [-0.3, -0.25) is 10.1 Å². The average Bonchev–Trinajstić information content (AvgIpc) is 3.11. The number of anilines is 1. The molecule has 92 valence electrons. The van der Waals surface area contributed by atoms with Crippen molar-refractivity contribution in [1.82, 2.24) is 0 Å². The van der Waals surface area contributed by atoms with Crippen LogP contribution in [0.15, 0.2) is 18.2 Å². The first-order valence-electron chi connectivity index (χ1n) is 6.13. The average molecular weight is 234 g/mol. The van der Waals surface area contributed by atoms with Crippen molar-refractivity contribution in [3.05, 3.63) is 33.9 Å². The highest BCUT2D eigenvalue weighted by atomic mass is 16.6. The van der Waals surface area contributed by atoms with E-state index >= 15 is 0 Å². The topological polar surface area (TPSA) is 55.2 Å². The second-order valence-electron chi connectivity index (χ2n) is 4.75. The van der Waals surface area contributed by atoms with Crippen molar-refractivity contribution in [3.8, 4) is 0 Å². The van der Waals surface area contributed by atoms with Crippen LogP contribution in [0.5, 0.6) is 0 Å². The Bertz CT molecular complexity index is 427. The van der Waals surface area contributed by atoms with Gasteiger partial charge in [0, 0.05) is 23.4 Å². The lowest BCUT2D eigenvalue weighted by Crippen LogP contribution is -2.20. The minimum atomic E-state index is -0.321. The maximum atomic E-state index is 10.9. The number of rotatable bonds is 5. The highest BCUT2D eigenvalue weighted by Gasteiger charge is 2.30. The lowest BCUT2D eigenvalue weighted by Gasteiger charge is -2.17. The summed E-state index contributed by atoms with van der Waals surface area (Å²) in [7, 11) is 0. The van der Waals surface area contributed by atoms with Crippen LogP contribution in [0.4, 0.5) is 11.4 Å². The summed E-state index contributed by atoms with van der Waals surface area (Å²) < 4.78 is 0. The van der Waals surface area contributed by atoms with Crippen LogP contribution >= 0.6 is 0 Å². The van der Waals surface area contributed by atoms with Crippen LogP contribution in [0.3, 0.4) is 0 Å². The molecule has 2 rings (SSSR count). The van der Waals surface area contributed by atoms with E-state index in [0.29, 0.717) is 11.6 Å². The number of hydrogen-bond acceptors (Lipinski definition) is 3. The van der Waals surface area contributed by atoms with Gasteiger partial charge in [0.15, 0.2) is 0 Å². The van der Waals surface area contributed by atoms with Crippen LogP contribution in [-0.4, -0.2) is 11.0 Å². The summed E-state index contributed by atoms with van der Waals surface area (Å²) in [6, 6.07) is 5.82. The zero-order chi connectivity index (χ0) is 12.4. The first kappa shape index (κ1) is 11.9. The van der Waals surface area contributed by atoms with E-state index in [2.05, 4.69) is 12.2 Å². The van der Waals surface area contributed by atoms with Gasteiger partial charge in [-0.2, -0.15) is 0 Å². The minimum Gasteiger partial charge on any atom is -0.382 e. The maximum Gasteiger partial charge on any atom is 0.274 e. The largest absolute Gasteiger partial charge is 0.382 e. The smallest absolute Gasteiger partial charge is 0.274 e. The molecule has 1 saturated carbocycles. The summed E-state index contributed by atoms with van der Waals surface area (Å²) in [5.41, 5.74) is 1.77. The Labute approximate surface area is 101 Å². The molecular formula is C13H18N2O2. The zero-order valence-electron chi connectivity index (χ0n) is 10.3. The van der Waals surface area contributed by atoms with E-state index in [1.807, 2.05) is 6.07 Å². The van der Waals surface area contributed by atoms with Crippen LogP contribution in [0.25, 0.3) is 0 Å². The molecule has 1 N–H and O–H groups in total. The number of nitrogens with one attached hydrogen (secondary N) is 1. The fraction of sp³-hybridized carbons (Fsp3) is 0.538. The molecule has 4 heteroatoms. The highest BCUT2D eigenvalue weighted by Crippen LogP contribution is 2.36. The third-order valence-electron chi connectivity index (χ3n) is 3.39. The Balaban J connectivity index is 2.15. The Hall–Kier alpha value is -1.58. The van der Waals surface area contributed by atoms with E-state index < -0.39 is 0 Å². The van der Waals surface area contributed by atoms with Crippen molar-refractivity contribution >= 4 is 11.4 Å². The predicted molar refractivity (Wildman–Crippen MR) is 68.3 cm³/mol. The van der Waals surface area contributed by atoms with E-state index in [1.54, 1.807) is 19.1 Å². The van der Waals surface area contributed by atoms with E-state index in [9.17, 15) is 10.1 Å². The maximum absolute atomic E-state index is 10.9. The number of hydrogen-bond donors (Lipinski definition) is 1. The van der Waals surface area contributed by atoms with Gasteiger partial charge in [0.25, 0.3) is 5.69 Å². The van der Waals surface area contributed by atoms with Crippen molar-refractivity contribution in [1.29, 1.82) is 0 Å². The molecule has 1 aromatic rings. The Morgan fingerprint density at radius 1 is 1.53 bits per heavy atom. The molecule has 17 heavy (non-hydrogen) atoms. The molecule has 0 bridgehead atoms. The molecule has 1 aromatic carbocycles. The molecular weight excluding hydrogens is 216 g/mol. The van der Waals surface area contributed by atoms with Gasteiger partial charge in [-0.05, 0) is 38.2 Å². The molecule has 0 aromatic heterocycles. The number of nitro groups is 1. The second-order valence-corrected chi connectivity index (χ2v) is 4.75. The van der Waals surface area contributed by atoms with E-state index in [-0.39, 0.29) is 10.6 Å². The molecule has 1 aliphatic carbocycles. The van der Waals surface area contributed by atoms with E-state index in [4.69, 9.17) is 0 Å². The number of nitrogens with zero attached hydrogens (tertiary/aromatic N) is 1. The molecule has 1 fully saturated rings. The zero-order valence-corrected chi connectivity index (χ0v) is 10.3.